The van der Waals surface area contributed by atoms with Crippen LogP contribution in [0, 0.1) is 5.82 Å². The summed E-state index contributed by atoms with van der Waals surface area (Å²) in [6, 6.07) is 4.30. The average molecular weight is 262 g/mol. The van der Waals surface area contributed by atoms with Crippen LogP contribution in [-0.2, 0) is 9.53 Å². The Bertz CT molecular complexity index is 561. The van der Waals surface area contributed by atoms with Crippen LogP contribution in [0.5, 0.6) is 5.75 Å². The molecule has 2 rings (SSSR count). The van der Waals surface area contributed by atoms with Crippen molar-refractivity contribution in [1.29, 1.82) is 0 Å². The van der Waals surface area contributed by atoms with Gasteiger partial charge in [-0.2, -0.15) is 0 Å². The topological polar surface area (TPSA) is 35.5 Å². The van der Waals surface area contributed by atoms with Crippen LogP contribution in [0.15, 0.2) is 36.4 Å². The number of carbonyl (C=O) groups excluding carboxylic acids is 1. The molecule has 0 saturated carbocycles. The molecule has 0 N–H and O–H groups in total. The van der Waals surface area contributed by atoms with E-state index >= 15 is 0 Å². The van der Waals surface area contributed by atoms with E-state index in [9.17, 15) is 9.18 Å². The number of cyclic esters (lactones) is 1. The molecule has 0 saturated heterocycles. The predicted molar refractivity (Wildman–Crippen MR) is 70.2 cm³/mol. The number of methoxy groups -OCH3 is 1. The monoisotopic (exact) mass is 262 g/mol. The van der Waals surface area contributed by atoms with Gasteiger partial charge < -0.3 is 9.47 Å². The van der Waals surface area contributed by atoms with E-state index < -0.39 is 11.8 Å². The molecule has 1 aromatic carbocycles. The Morgan fingerprint density at radius 3 is 2.89 bits per heavy atom. The Morgan fingerprint density at radius 2 is 2.26 bits per heavy atom. The molecule has 1 atom stereocenters. The number of hydrogen-bond donors (Lipinski definition) is 0. The first kappa shape index (κ1) is 13.3. The summed E-state index contributed by atoms with van der Waals surface area (Å²) in [5.41, 5.74) is 1.96. The van der Waals surface area contributed by atoms with E-state index in [1.807, 2.05) is 6.92 Å². The van der Waals surface area contributed by atoms with Crippen molar-refractivity contribution in [2.75, 3.05) is 7.11 Å². The Morgan fingerprint density at radius 1 is 1.53 bits per heavy atom. The third-order valence-electron chi connectivity index (χ3n) is 2.84. The van der Waals surface area contributed by atoms with Crippen LogP contribution in [0.1, 0.15) is 18.9 Å². The Labute approximate surface area is 111 Å². The summed E-state index contributed by atoms with van der Waals surface area (Å²) in [6.45, 7) is 5.67. The lowest BCUT2D eigenvalue weighted by Gasteiger charge is -2.06. The molecule has 4 heteroatoms. The molecule has 0 aromatic heterocycles. The van der Waals surface area contributed by atoms with Crippen molar-refractivity contribution in [3.8, 4) is 5.75 Å². The fourth-order valence-corrected chi connectivity index (χ4v) is 1.97. The molecule has 0 fully saturated rings. The largest absolute Gasteiger partial charge is 0.494 e. The maximum absolute atomic E-state index is 13.3. The van der Waals surface area contributed by atoms with E-state index in [0.717, 1.165) is 5.57 Å². The molecule has 100 valence electrons. The Hall–Kier alpha value is -2.10. The van der Waals surface area contributed by atoms with Gasteiger partial charge in [-0.3, -0.25) is 0 Å². The molecular formula is C15H15FO3. The minimum atomic E-state index is -0.461. The van der Waals surface area contributed by atoms with Crippen LogP contribution < -0.4 is 4.74 Å². The fraction of sp³-hybridized carbons (Fsp3) is 0.267. The molecule has 1 heterocycles. The van der Waals surface area contributed by atoms with E-state index in [1.54, 1.807) is 6.08 Å². The highest BCUT2D eigenvalue weighted by Gasteiger charge is 2.26. The van der Waals surface area contributed by atoms with Gasteiger partial charge >= 0.3 is 5.97 Å². The highest BCUT2D eigenvalue weighted by Crippen LogP contribution is 2.29. The van der Waals surface area contributed by atoms with Crippen LogP contribution in [-0.4, -0.2) is 19.2 Å². The van der Waals surface area contributed by atoms with Crippen molar-refractivity contribution in [1.82, 2.24) is 0 Å². The van der Waals surface area contributed by atoms with Gasteiger partial charge in [0.15, 0.2) is 11.6 Å². The number of carbonyl (C=O) groups is 1. The van der Waals surface area contributed by atoms with Crippen molar-refractivity contribution in [3.63, 3.8) is 0 Å². The molecule has 1 aliphatic heterocycles. The summed E-state index contributed by atoms with van der Waals surface area (Å²) < 4.78 is 23.4. The molecule has 19 heavy (non-hydrogen) atoms. The highest BCUT2D eigenvalue weighted by atomic mass is 19.1. The third kappa shape index (κ3) is 2.84. The molecule has 0 unspecified atom stereocenters. The molecule has 0 spiro atoms. The number of esters is 1. The fourth-order valence-electron chi connectivity index (χ4n) is 1.97. The normalized spacial score (nSPS) is 17.9. The second-order valence-corrected chi connectivity index (χ2v) is 4.53. The molecular weight excluding hydrogens is 247 g/mol. The van der Waals surface area contributed by atoms with E-state index in [0.29, 0.717) is 17.6 Å². The van der Waals surface area contributed by atoms with Gasteiger partial charge in [0.1, 0.15) is 6.10 Å². The summed E-state index contributed by atoms with van der Waals surface area (Å²) in [6.07, 6.45) is 2.04. The lowest BCUT2D eigenvalue weighted by atomic mass is 10.0. The van der Waals surface area contributed by atoms with Gasteiger partial charge in [0.25, 0.3) is 0 Å². The van der Waals surface area contributed by atoms with Gasteiger partial charge in [0, 0.05) is 6.42 Å². The zero-order valence-corrected chi connectivity index (χ0v) is 10.9. The molecule has 3 nitrogen and oxygen atoms in total. The summed E-state index contributed by atoms with van der Waals surface area (Å²) >= 11 is 0. The van der Waals surface area contributed by atoms with E-state index in [4.69, 9.17) is 9.47 Å². The second-order valence-electron chi connectivity index (χ2n) is 4.53. The zero-order chi connectivity index (χ0) is 14.0. The van der Waals surface area contributed by atoms with Gasteiger partial charge in [-0.15, -0.1) is 0 Å². The van der Waals surface area contributed by atoms with Gasteiger partial charge in [-0.25, -0.2) is 9.18 Å². The van der Waals surface area contributed by atoms with Gasteiger partial charge in [-0.1, -0.05) is 18.2 Å². The predicted octanol–water partition coefficient (Wildman–Crippen LogP) is 3.11. The van der Waals surface area contributed by atoms with Gasteiger partial charge in [-0.05, 0) is 30.7 Å². The quantitative estimate of drug-likeness (QED) is 0.618. The first-order valence-corrected chi connectivity index (χ1v) is 5.92. The highest BCUT2D eigenvalue weighted by molar-refractivity contribution is 6.18. The zero-order valence-electron chi connectivity index (χ0n) is 10.9. The molecule has 0 radical (unpaired) electrons. The first-order valence-electron chi connectivity index (χ1n) is 5.92. The molecule has 0 amide bonds. The number of benzene rings is 1. The maximum atomic E-state index is 13.3. The molecule has 1 aliphatic rings. The van der Waals surface area contributed by atoms with Gasteiger partial charge in [0.05, 0.1) is 12.7 Å². The molecule has 0 aliphatic carbocycles. The average Bonchev–Trinajstić information content (AvgIpc) is 2.70. The number of halogens is 1. The van der Waals surface area contributed by atoms with E-state index in [2.05, 4.69) is 6.58 Å². The summed E-state index contributed by atoms with van der Waals surface area (Å²) in [5.74, 6) is -0.758. The SMILES string of the molecule is C=C(C)C[C@@H]1C=C(c2ccc(F)c(OC)c2)C(=O)O1. The number of ether oxygens (including phenoxy) is 2. The van der Waals surface area contributed by atoms with Crippen LogP contribution >= 0.6 is 0 Å². The minimum Gasteiger partial charge on any atom is -0.494 e. The standard InChI is InChI=1S/C15H15FO3/c1-9(2)6-11-8-12(15(17)19-11)10-4-5-13(16)14(7-10)18-3/h4-5,7-8,11H,1,6H2,2-3H3/t11-/m1/s1. The summed E-state index contributed by atoms with van der Waals surface area (Å²) in [5, 5.41) is 0. The van der Waals surface area contributed by atoms with Gasteiger partial charge in [0.2, 0.25) is 0 Å². The summed E-state index contributed by atoms with van der Waals surface area (Å²) in [7, 11) is 1.38. The van der Waals surface area contributed by atoms with Crippen molar-refractivity contribution in [2.45, 2.75) is 19.4 Å². The van der Waals surface area contributed by atoms with E-state index in [-0.39, 0.29) is 11.9 Å². The number of hydrogen-bond acceptors (Lipinski definition) is 3. The van der Waals surface area contributed by atoms with Crippen LogP contribution in [0.3, 0.4) is 0 Å². The Kier molecular flexibility index (Phi) is 3.69. The van der Waals surface area contributed by atoms with Crippen molar-refractivity contribution in [3.05, 3.63) is 47.8 Å². The summed E-state index contributed by atoms with van der Waals surface area (Å²) in [4.78, 5) is 11.8. The maximum Gasteiger partial charge on any atom is 0.339 e. The molecule has 0 bridgehead atoms. The van der Waals surface area contributed by atoms with Crippen molar-refractivity contribution in [2.24, 2.45) is 0 Å². The smallest absolute Gasteiger partial charge is 0.339 e. The van der Waals surface area contributed by atoms with Crippen LogP contribution in [0.25, 0.3) is 5.57 Å². The first-order chi connectivity index (χ1) is 9.01. The Balaban J connectivity index is 2.30. The lowest BCUT2D eigenvalue weighted by Crippen LogP contribution is -2.08. The van der Waals surface area contributed by atoms with Crippen LogP contribution in [0.4, 0.5) is 4.39 Å². The van der Waals surface area contributed by atoms with Crippen LogP contribution in [0.2, 0.25) is 0 Å². The minimum absolute atomic E-state index is 0.106. The number of rotatable bonds is 4. The van der Waals surface area contributed by atoms with Crippen molar-refractivity contribution >= 4 is 11.5 Å². The molecule has 1 aromatic rings. The third-order valence-corrected chi connectivity index (χ3v) is 2.84. The van der Waals surface area contributed by atoms with Crippen molar-refractivity contribution < 1.29 is 18.7 Å². The van der Waals surface area contributed by atoms with E-state index in [1.165, 1.54) is 25.3 Å². The second kappa shape index (κ2) is 5.26. The lowest BCUT2D eigenvalue weighted by molar-refractivity contribution is -0.137.